The first-order valence-corrected chi connectivity index (χ1v) is 7.37. The van der Waals surface area contributed by atoms with Gasteiger partial charge in [-0.1, -0.05) is 19.0 Å². The fraction of sp³-hybridized carbons (Fsp3) is 0.462. The molecule has 20 heavy (non-hydrogen) atoms. The van der Waals surface area contributed by atoms with Crippen molar-refractivity contribution in [2.24, 2.45) is 5.73 Å². The van der Waals surface area contributed by atoms with Crippen molar-refractivity contribution in [3.63, 3.8) is 0 Å². The Labute approximate surface area is 126 Å². The Morgan fingerprint density at radius 3 is 2.80 bits per heavy atom. The van der Waals surface area contributed by atoms with Gasteiger partial charge in [0.05, 0.1) is 6.04 Å². The molecule has 7 heteroatoms. The first-order valence-electron chi connectivity index (χ1n) is 6.58. The highest BCUT2D eigenvalue weighted by atomic mass is 79.9. The number of pyridine rings is 1. The van der Waals surface area contributed by atoms with Crippen molar-refractivity contribution < 1.29 is 4.52 Å². The summed E-state index contributed by atoms with van der Waals surface area (Å²) in [7, 11) is 0. The van der Waals surface area contributed by atoms with Crippen LogP contribution in [-0.4, -0.2) is 39.7 Å². The molecule has 2 heterocycles. The van der Waals surface area contributed by atoms with Gasteiger partial charge in [-0.2, -0.15) is 4.98 Å². The van der Waals surface area contributed by atoms with Gasteiger partial charge in [0.15, 0.2) is 5.82 Å². The normalized spacial score (nSPS) is 12.8. The van der Waals surface area contributed by atoms with Crippen LogP contribution in [0.15, 0.2) is 27.3 Å². The molecule has 0 fully saturated rings. The lowest BCUT2D eigenvalue weighted by molar-refractivity contribution is 0.278. The van der Waals surface area contributed by atoms with Crippen LogP contribution in [0.1, 0.15) is 25.7 Å². The molecule has 0 spiro atoms. The van der Waals surface area contributed by atoms with E-state index in [9.17, 15) is 0 Å². The van der Waals surface area contributed by atoms with Gasteiger partial charge in [-0.3, -0.25) is 0 Å². The molecule has 2 rings (SSSR count). The smallest absolute Gasteiger partial charge is 0.277 e. The first-order chi connectivity index (χ1) is 9.65. The summed E-state index contributed by atoms with van der Waals surface area (Å²) in [6.45, 7) is 6.79. The van der Waals surface area contributed by atoms with E-state index in [1.807, 2.05) is 12.1 Å². The van der Waals surface area contributed by atoms with Gasteiger partial charge in [0.1, 0.15) is 5.69 Å². The SMILES string of the molecule is CCN(CC)CC(N)c1noc(-c2ncccc2Br)n1. The van der Waals surface area contributed by atoms with Crippen molar-refractivity contribution in [1.29, 1.82) is 0 Å². The van der Waals surface area contributed by atoms with Gasteiger partial charge in [-0.05, 0) is 41.2 Å². The average molecular weight is 340 g/mol. The summed E-state index contributed by atoms with van der Waals surface area (Å²) < 4.78 is 6.06. The van der Waals surface area contributed by atoms with Crippen LogP contribution in [0.5, 0.6) is 0 Å². The van der Waals surface area contributed by atoms with E-state index in [2.05, 4.69) is 49.8 Å². The van der Waals surface area contributed by atoms with Crippen molar-refractivity contribution in [3.8, 4) is 11.6 Å². The van der Waals surface area contributed by atoms with E-state index < -0.39 is 0 Å². The zero-order chi connectivity index (χ0) is 14.5. The van der Waals surface area contributed by atoms with Crippen LogP contribution in [0.3, 0.4) is 0 Å². The summed E-state index contributed by atoms with van der Waals surface area (Å²) in [5.74, 6) is 0.881. The molecule has 0 aliphatic heterocycles. The lowest BCUT2D eigenvalue weighted by Crippen LogP contribution is -2.32. The van der Waals surface area contributed by atoms with E-state index >= 15 is 0 Å². The minimum absolute atomic E-state index is 0.269. The minimum Gasteiger partial charge on any atom is -0.332 e. The monoisotopic (exact) mass is 339 g/mol. The molecule has 6 nitrogen and oxygen atoms in total. The predicted octanol–water partition coefficient (Wildman–Crippen LogP) is 2.24. The van der Waals surface area contributed by atoms with Gasteiger partial charge in [0, 0.05) is 17.2 Å². The molecule has 2 N–H and O–H groups in total. The van der Waals surface area contributed by atoms with E-state index in [-0.39, 0.29) is 6.04 Å². The molecule has 0 bridgehead atoms. The molecule has 108 valence electrons. The number of hydrogen-bond donors (Lipinski definition) is 1. The Morgan fingerprint density at radius 2 is 2.15 bits per heavy atom. The Bertz CT molecular complexity index is 555. The van der Waals surface area contributed by atoms with E-state index in [1.54, 1.807) is 6.20 Å². The minimum atomic E-state index is -0.269. The van der Waals surface area contributed by atoms with Crippen molar-refractivity contribution >= 4 is 15.9 Å². The van der Waals surface area contributed by atoms with Crippen LogP contribution in [-0.2, 0) is 0 Å². The topological polar surface area (TPSA) is 81.1 Å². The van der Waals surface area contributed by atoms with E-state index in [1.165, 1.54) is 0 Å². The number of aromatic nitrogens is 3. The Balaban J connectivity index is 2.15. The third-order valence-electron chi connectivity index (χ3n) is 3.08. The van der Waals surface area contributed by atoms with Crippen LogP contribution in [0, 0.1) is 0 Å². The highest BCUT2D eigenvalue weighted by molar-refractivity contribution is 9.10. The molecule has 2 aromatic rings. The lowest BCUT2D eigenvalue weighted by atomic mass is 10.2. The van der Waals surface area contributed by atoms with E-state index in [0.717, 1.165) is 17.6 Å². The maximum absolute atomic E-state index is 6.12. The van der Waals surface area contributed by atoms with E-state index in [4.69, 9.17) is 10.3 Å². The predicted molar refractivity (Wildman–Crippen MR) is 79.9 cm³/mol. The summed E-state index contributed by atoms with van der Waals surface area (Å²) in [6, 6.07) is 3.44. The molecule has 1 atom stereocenters. The molecule has 0 aromatic carbocycles. The van der Waals surface area contributed by atoms with Crippen LogP contribution in [0.25, 0.3) is 11.6 Å². The summed E-state index contributed by atoms with van der Waals surface area (Å²) in [4.78, 5) is 10.8. The van der Waals surface area contributed by atoms with Gasteiger partial charge in [0.25, 0.3) is 5.89 Å². The summed E-state index contributed by atoms with van der Waals surface area (Å²) in [5.41, 5.74) is 6.74. The van der Waals surface area contributed by atoms with Crippen molar-refractivity contribution in [1.82, 2.24) is 20.0 Å². The number of likely N-dealkylation sites (N-methyl/N-ethyl adjacent to an activating group) is 1. The second-order valence-corrected chi connectivity index (χ2v) is 5.24. The van der Waals surface area contributed by atoms with Crippen LogP contribution in [0.4, 0.5) is 0 Å². The highest BCUT2D eigenvalue weighted by Crippen LogP contribution is 2.24. The van der Waals surface area contributed by atoms with Crippen LogP contribution in [0.2, 0.25) is 0 Å². The maximum Gasteiger partial charge on any atom is 0.277 e. The van der Waals surface area contributed by atoms with Gasteiger partial charge in [-0.15, -0.1) is 0 Å². The summed E-state index contributed by atoms with van der Waals surface area (Å²) in [5, 5.41) is 3.96. The largest absolute Gasteiger partial charge is 0.332 e. The van der Waals surface area contributed by atoms with Crippen molar-refractivity contribution in [2.75, 3.05) is 19.6 Å². The lowest BCUT2D eigenvalue weighted by Gasteiger charge is -2.20. The maximum atomic E-state index is 6.12. The molecule has 0 aliphatic carbocycles. The third kappa shape index (κ3) is 3.41. The second kappa shape index (κ2) is 6.92. The number of nitrogens with zero attached hydrogens (tertiary/aromatic N) is 4. The number of nitrogens with two attached hydrogens (primary N) is 1. The molecular formula is C13H18BrN5O. The first kappa shape index (κ1) is 15.1. The van der Waals surface area contributed by atoms with E-state index in [0.29, 0.717) is 24.0 Å². The standard InChI is InChI=1S/C13H18BrN5O/c1-3-19(4-2)8-10(15)12-17-13(20-18-12)11-9(14)6-5-7-16-11/h5-7,10H,3-4,8,15H2,1-2H3. The molecule has 0 saturated carbocycles. The quantitative estimate of drug-likeness (QED) is 0.869. The Hall–Kier alpha value is -1.31. The third-order valence-corrected chi connectivity index (χ3v) is 3.72. The average Bonchev–Trinajstić information content (AvgIpc) is 2.94. The molecular weight excluding hydrogens is 322 g/mol. The summed E-state index contributed by atoms with van der Waals surface area (Å²) >= 11 is 3.41. The molecule has 2 aromatic heterocycles. The van der Waals surface area contributed by atoms with Crippen molar-refractivity contribution in [3.05, 3.63) is 28.6 Å². The van der Waals surface area contributed by atoms with Gasteiger partial charge >= 0.3 is 0 Å². The van der Waals surface area contributed by atoms with Gasteiger partial charge in [-0.25, -0.2) is 4.98 Å². The molecule has 0 radical (unpaired) electrons. The fourth-order valence-corrected chi connectivity index (χ4v) is 2.29. The molecule has 0 amide bonds. The number of rotatable bonds is 6. The molecule has 1 unspecified atom stereocenters. The molecule has 0 saturated heterocycles. The number of hydrogen-bond acceptors (Lipinski definition) is 6. The molecule has 0 aliphatic rings. The zero-order valence-corrected chi connectivity index (χ0v) is 13.2. The van der Waals surface area contributed by atoms with Crippen LogP contribution < -0.4 is 5.73 Å². The van der Waals surface area contributed by atoms with Crippen LogP contribution >= 0.6 is 15.9 Å². The van der Waals surface area contributed by atoms with Gasteiger partial charge in [0.2, 0.25) is 0 Å². The summed E-state index contributed by atoms with van der Waals surface area (Å²) in [6.07, 6.45) is 1.68. The number of halogens is 1. The van der Waals surface area contributed by atoms with Gasteiger partial charge < -0.3 is 15.2 Å². The highest BCUT2D eigenvalue weighted by Gasteiger charge is 2.19. The fourth-order valence-electron chi connectivity index (χ4n) is 1.87. The second-order valence-electron chi connectivity index (χ2n) is 4.38. The zero-order valence-electron chi connectivity index (χ0n) is 11.6. The Kier molecular flexibility index (Phi) is 5.22. The Morgan fingerprint density at radius 1 is 1.40 bits per heavy atom. The van der Waals surface area contributed by atoms with Crippen molar-refractivity contribution in [2.45, 2.75) is 19.9 Å².